The van der Waals surface area contributed by atoms with Crippen molar-refractivity contribution >= 4 is 27.6 Å². The average molecular weight is 427 g/mol. The molecule has 2 heterocycles. The van der Waals surface area contributed by atoms with Crippen molar-refractivity contribution in [2.24, 2.45) is 0 Å². The Labute approximate surface area is 189 Å². The lowest BCUT2D eigenvalue weighted by Gasteiger charge is -2.14. The van der Waals surface area contributed by atoms with Crippen molar-refractivity contribution in [1.29, 1.82) is 0 Å². The van der Waals surface area contributed by atoms with Gasteiger partial charge in [0.05, 0.1) is 16.6 Å². The second-order valence-corrected chi connectivity index (χ2v) is 8.14. The van der Waals surface area contributed by atoms with Crippen molar-refractivity contribution in [2.45, 2.75) is 65.2 Å². The average Bonchev–Trinajstić information content (AvgIpc) is 2.84. The smallest absolute Gasteiger partial charge is 0.186 e. The molecule has 6 nitrogen and oxygen atoms in total. The van der Waals surface area contributed by atoms with Gasteiger partial charge in [-0.2, -0.15) is 0 Å². The van der Waals surface area contributed by atoms with Gasteiger partial charge < -0.3 is 0 Å². The van der Waals surface area contributed by atoms with E-state index >= 15 is 0 Å². The molecule has 32 heavy (non-hydrogen) atoms. The van der Waals surface area contributed by atoms with Crippen LogP contribution in [0.3, 0.4) is 0 Å². The summed E-state index contributed by atoms with van der Waals surface area (Å²) >= 11 is 0. The van der Waals surface area contributed by atoms with E-state index in [0.29, 0.717) is 11.6 Å². The maximum atomic E-state index is 4.87. The molecule has 0 saturated carbocycles. The summed E-state index contributed by atoms with van der Waals surface area (Å²) < 4.78 is 0. The van der Waals surface area contributed by atoms with Crippen LogP contribution in [0.5, 0.6) is 0 Å². The molecule has 0 unspecified atom stereocenters. The van der Waals surface area contributed by atoms with Crippen LogP contribution in [0.25, 0.3) is 27.6 Å². The van der Waals surface area contributed by atoms with E-state index in [4.69, 9.17) is 9.97 Å². The van der Waals surface area contributed by atoms with Crippen molar-refractivity contribution in [3.8, 4) is 0 Å². The van der Waals surface area contributed by atoms with Crippen LogP contribution in [0, 0.1) is 0 Å². The van der Waals surface area contributed by atoms with Gasteiger partial charge in [0.15, 0.2) is 11.6 Å². The second-order valence-electron chi connectivity index (χ2n) is 8.14. The zero-order valence-corrected chi connectivity index (χ0v) is 19.0. The van der Waals surface area contributed by atoms with Gasteiger partial charge >= 0.3 is 0 Å². The number of hydrogen-bond donors (Lipinski definition) is 0. The number of nitrogens with zero attached hydrogens (tertiary/aromatic N) is 6. The third-order valence-electron chi connectivity index (χ3n) is 5.69. The van der Waals surface area contributed by atoms with E-state index in [9.17, 15) is 0 Å². The van der Waals surface area contributed by atoms with Crippen LogP contribution in [0.4, 0.5) is 0 Å². The lowest BCUT2D eigenvalue weighted by molar-refractivity contribution is 0.659. The first-order chi connectivity index (χ1) is 15.8. The minimum atomic E-state index is 0.587. The van der Waals surface area contributed by atoms with Crippen LogP contribution in [0.1, 0.15) is 76.9 Å². The van der Waals surface area contributed by atoms with Crippen molar-refractivity contribution in [3.05, 3.63) is 65.8 Å². The van der Waals surface area contributed by atoms with Crippen LogP contribution < -0.4 is 0 Å². The van der Waals surface area contributed by atoms with Crippen molar-refractivity contribution in [3.63, 3.8) is 0 Å². The Balaban J connectivity index is 1.87. The summed E-state index contributed by atoms with van der Waals surface area (Å²) in [5, 5.41) is 17.9. The minimum Gasteiger partial charge on any atom is -0.225 e. The van der Waals surface area contributed by atoms with Crippen LogP contribution >= 0.6 is 0 Å². The lowest BCUT2D eigenvalue weighted by Crippen LogP contribution is -2.07. The number of allylic oxidation sites excluding steroid dienone is 1. The summed E-state index contributed by atoms with van der Waals surface area (Å²) in [5.74, 6) is 1.17. The summed E-state index contributed by atoms with van der Waals surface area (Å²) in [7, 11) is 0. The molecule has 6 heteroatoms. The van der Waals surface area contributed by atoms with Crippen LogP contribution in [-0.2, 0) is 0 Å². The Kier molecular flexibility index (Phi) is 7.43. The van der Waals surface area contributed by atoms with Crippen LogP contribution in [0.15, 0.2) is 54.1 Å². The van der Waals surface area contributed by atoms with Gasteiger partial charge in [-0.05, 0) is 49.9 Å². The maximum absolute atomic E-state index is 4.87. The Morgan fingerprint density at radius 2 is 1.00 bits per heavy atom. The van der Waals surface area contributed by atoms with Crippen LogP contribution in [-0.4, -0.2) is 30.4 Å². The Morgan fingerprint density at radius 3 is 1.44 bits per heavy atom. The fourth-order valence-corrected chi connectivity index (χ4v) is 3.94. The highest BCUT2D eigenvalue weighted by Gasteiger charge is 2.19. The van der Waals surface area contributed by atoms with E-state index in [-0.39, 0.29) is 0 Å². The van der Waals surface area contributed by atoms with Crippen molar-refractivity contribution < 1.29 is 0 Å². The summed E-state index contributed by atoms with van der Waals surface area (Å²) in [6, 6.07) is 15.7. The van der Waals surface area contributed by atoms with E-state index in [1.54, 1.807) is 0 Å². The molecule has 0 fully saturated rings. The number of benzene rings is 2. The number of unbranched alkanes of at least 4 members (excludes halogenated alkanes) is 4. The largest absolute Gasteiger partial charge is 0.225 e. The summed E-state index contributed by atoms with van der Waals surface area (Å²) in [4.78, 5) is 9.74. The maximum Gasteiger partial charge on any atom is 0.186 e. The summed E-state index contributed by atoms with van der Waals surface area (Å²) in [5.41, 5.74) is 5.42. The number of hydrogen-bond acceptors (Lipinski definition) is 6. The Bertz CT molecular complexity index is 1120. The third kappa shape index (κ3) is 5.13. The molecule has 0 aliphatic carbocycles. The molecule has 4 aromatic rings. The zero-order valence-electron chi connectivity index (χ0n) is 19.0. The molecule has 164 valence electrons. The normalized spacial score (nSPS) is 11.2. The Morgan fingerprint density at radius 1 is 0.562 bits per heavy atom. The molecule has 0 aliphatic heterocycles. The second kappa shape index (κ2) is 10.8. The third-order valence-corrected chi connectivity index (χ3v) is 5.69. The molecule has 0 aliphatic rings. The van der Waals surface area contributed by atoms with E-state index in [2.05, 4.69) is 34.2 Å². The fourth-order valence-electron chi connectivity index (χ4n) is 3.94. The predicted octanol–water partition coefficient (Wildman–Crippen LogP) is 6.33. The predicted molar refractivity (Wildman–Crippen MR) is 129 cm³/mol. The molecule has 0 atom stereocenters. The van der Waals surface area contributed by atoms with Gasteiger partial charge in [-0.25, -0.2) is 9.97 Å². The van der Waals surface area contributed by atoms with Gasteiger partial charge in [0.25, 0.3) is 0 Å². The molecule has 0 N–H and O–H groups in total. The first-order valence-corrected chi connectivity index (χ1v) is 11.7. The molecule has 0 amide bonds. The minimum absolute atomic E-state index is 0.587. The highest BCUT2D eigenvalue weighted by Crippen LogP contribution is 2.30. The van der Waals surface area contributed by atoms with E-state index < -0.39 is 0 Å². The lowest BCUT2D eigenvalue weighted by atomic mass is 9.95. The summed E-state index contributed by atoms with van der Waals surface area (Å²) in [6.07, 6.45) is 8.97. The number of para-hydroxylation sites is 2. The van der Waals surface area contributed by atoms with Gasteiger partial charge in [-0.15, -0.1) is 20.4 Å². The summed E-state index contributed by atoms with van der Waals surface area (Å²) in [6.45, 7) is 4.46. The number of fused-ring (bicyclic) bond motifs is 2. The fraction of sp³-hybridized carbons (Fsp3) is 0.385. The van der Waals surface area contributed by atoms with Crippen molar-refractivity contribution in [1.82, 2.24) is 30.4 Å². The van der Waals surface area contributed by atoms with E-state index in [1.165, 1.54) is 31.3 Å². The zero-order chi connectivity index (χ0) is 22.2. The number of rotatable bonds is 10. The molecule has 0 saturated heterocycles. The first kappa shape index (κ1) is 21.9. The monoisotopic (exact) mass is 426 g/mol. The first-order valence-electron chi connectivity index (χ1n) is 11.7. The standard InChI is InChI=1S/C26H30N6/c1-3-5-7-13-19(14-8-6-4-2)24(25-27-20-15-9-11-17-22(20)29-31-25)26-28-21-16-10-12-18-23(21)30-32-26/h9-12,15-18H,3-8,13-14H2,1-2H3. The molecular formula is C26H30N6. The SMILES string of the molecule is CCCCCC(CCCCC)=C(c1nnc2ccccc2n1)c1nnc2ccccc2n1. The topological polar surface area (TPSA) is 77.3 Å². The van der Waals surface area contributed by atoms with Gasteiger partial charge in [-0.3, -0.25) is 0 Å². The Hall–Kier alpha value is -3.28. The van der Waals surface area contributed by atoms with Crippen LogP contribution in [0.2, 0.25) is 0 Å². The van der Waals surface area contributed by atoms with Gasteiger partial charge in [0.2, 0.25) is 0 Å². The molecule has 0 radical (unpaired) electrons. The van der Waals surface area contributed by atoms with Gasteiger partial charge in [0, 0.05) is 0 Å². The molecule has 2 aromatic carbocycles. The number of aromatic nitrogens is 6. The van der Waals surface area contributed by atoms with Gasteiger partial charge in [-0.1, -0.05) is 69.4 Å². The van der Waals surface area contributed by atoms with Crippen molar-refractivity contribution in [2.75, 3.05) is 0 Å². The molecule has 2 aromatic heterocycles. The highest BCUT2D eigenvalue weighted by atomic mass is 15.2. The molecule has 4 rings (SSSR count). The van der Waals surface area contributed by atoms with Gasteiger partial charge in [0.1, 0.15) is 11.0 Å². The highest BCUT2D eigenvalue weighted by molar-refractivity contribution is 5.81. The molecular weight excluding hydrogens is 396 g/mol. The quantitative estimate of drug-likeness (QED) is 0.276. The molecule has 0 bridgehead atoms. The molecule has 0 spiro atoms. The van der Waals surface area contributed by atoms with E-state index in [1.807, 2.05) is 48.5 Å². The van der Waals surface area contributed by atoms with E-state index in [0.717, 1.165) is 53.3 Å².